The Kier molecular flexibility index (Phi) is 4.40. The van der Waals surface area contributed by atoms with Crippen molar-refractivity contribution in [3.63, 3.8) is 0 Å². The van der Waals surface area contributed by atoms with Gasteiger partial charge in [0.1, 0.15) is 6.54 Å². The van der Waals surface area contributed by atoms with Gasteiger partial charge in [0.2, 0.25) is 11.9 Å². The van der Waals surface area contributed by atoms with E-state index in [9.17, 15) is 4.79 Å². The Morgan fingerprint density at radius 2 is 2.05 bits per heavy atom. The molecule has 1 aromatic heterocycles. The molecule has 0 fully saturated rings. The van der Waals surface area contributed by atoms with Crippen molar-refractivity contribution in [3.05, 3.63) is 22.2 Å². The minimum Gasteiger partial charge on any atom is -0.369 e. The average molecular weight is 315 g/mol. The molecule has 108 valence electrons. The molecular formula is C13H16Cl2N4O. The van der Waals surface area contributed by atoms with Crippen LogP contribution in [-0.4, -0.2) is 22.0 Å². The predicted octanol–water partition coefficient (Wildman–Crippen LogP) is 2.70. The SMILES string of the molecule is CC(C)CNC(=O)Cn1c(N)nc2cc(Cl)c(Cl)cc21. The first-order valence-corrected chi connectivity index (χ1v) is 7.01. The number of nitrogens with two attached hydrogens (primary N) is 1. The first-order chi connectivity index (χ1) is 9.38. The van der Waals surface area contributed by atoms with Gasteiger partial charge >= 0.3 is 0 Å². The van der Waals surface area contributed by atoms with Crippen LogP contribution in [0.2, 0.25) is 10.0 Å². The number of carbonyl (C=O) groups is 1. The van der Waals surface area contributed by atoms with E-state index in [1.165, 1.54) is 0 Å². The monoisotopic (exact) mass is 314 g/mol. The molecule has 1 heterocycles. The number of nitrogens with one attached hydrogen (secondary N) is 1. The van der Waals surface area contributed by atoms with Gasteiger partial charge in [0.15, 0.2) is 0 Å². The maximum Gasteiger partial charge on any atom is 0.240 e. The maximum atomic E-state index is 11.9. The Labute approximate surface area is 127 Å². The molecule has 0 radical (unpaired) electrons. The molecule has 0 bridgehead atoms. The molecule has 0 unspecified atom stereocenters. The van der Waals surface area contributed by atoms with Crippen LogP contribution in [-0.2, 0) is 11.3 Å². The second-order valence-electron chi connectivity index (χ2n) is 5.01. The summed E-state index contributed by atoms with van der Waals surface area (Å²) in [5.74, 6) is 0.540. The van der Waals surface area contributed by atoms with Crippen molar-refractivity contribution in [1.82, 2.24) is 14.9 Å². The molecule has 0 atom stereocenters. The van der Waals surface area contributed by atoms with E-state index in [1.54, 1.807) is 16.7 Å². The van der Waals surface area contributed by atoms with Gasteiger partial charge in [-0.15, -0.1) is 0 Å². The zero-order chi connectivity index (χ0) is 14.9. The number of anilines is 1. The van der Waals surface area contributed by atoms with E-state index in [4.69, 9.17) is 28.9 Å². The number of hydrogen-bond acceptors (Lipinski definition) is 3. The number of aromatic nitrogens is 2. The third kappa shape index (κ3) is 3.16. The third-order valence-corrected chi connectivity index (χ3v) is 3.55. The van der Waals surface area contributed by atoms with Crippen molar-refractivity contribution < 1.29 is 4.79 Å². The molecule has 20 heavy (non-hydrogen) atoms. The molecule has 1 aromatic carbocycles. The van der Waals surface area contributed by atoms with Gasteiger partial charge in [-0.3, -0.25) is 4.79 Å². The lowest BCUT2D eigenvalue weighted by molar-refractivity contribution is -0.121. The molecule has 0 aliphatic rings. The Balaban J connectivity index is 2.27. The van der Waals surface area contributed by atoms with Crippen LogP contribution in [0.5, 0.6) is 0 Å². The highest BCUT2D eigenvalue weighted by Crippen LogP contribution is 2.28. The van der Waals surface area contributed by atoms with Gasteiger partial charge < -0.3 is 15.6 Å². The lowest BCUT2D eigenvalue weighted by Gasteiger charge is -2.09. The van der Waals surface area contributed by atoms with Crippen LogP contribution in [0.4, 0.5) is 5.95 Å². The van der Waals surface area contributed by atoms with E-state index in [0.717, 1.165) is 0 Å². The minimum absolute atomic E-state index is 0.104. The zero-order valence-electron chi connectivity index (χ0n) is 11.3. The smallest absolute Gasteiger partial charge is 0.240 e. The average Bonchev–Trinajstić information content (AvgIpc) is 2.64. The summed E-state index contributed by atoms with van der Waals surface area (Å²) in [6, 6.07) is 3.30. The van der Waals surface area contributed by atoms with Gasteiger partial charge in [0.05, 0.1) is 21.1 Å². The van der Waals surface area contributed by atoms with E-state index in [2.05, 4.69) is 10.3 Å². The van der Waals surface area contributed by atoms with Gasteiger partial charge in [-0.1, -0.05) is 37.0 Å². The summed E-state index contributed by atoms with van der Waals surface area (Å²) in [7, 11) is 0. The van der Waals surface area contributed by atoms with Crippen LogP contribution in [0.1, 0.15) is 13.8 Å². The van der Waals surface area contributed by atoms with Crippen molar-refractivity contribution >= 4 is 46.1 Å². The second kappa shape index (κ2) is 5.89. The van der Waals surface area contributed by atoms with Crippen molar-refractivity contribution in [2.75, 3.05) is 12.3 Å². The summed E-state index contributed by atoms with van der Waals surface area (Å²) in [6.45, 7) is 4.79. The van der Waals surface area contributed by atoms with Crippen molar-refractivity contribution in [2.24, 2.45) is 5.92 Å². The lowest BCUT2D eigenvalue weighted by Crippen LogP contribution is -2.30. The number of nitrogen functional groups attached to an aromatic ring is 1. The number of amides is 1. The number of nitrogens with zero attached hydrogens (tertiary/aromatic N) is 2. The van der Waals surface area contributed by atoms with E-state index in [-0.39, 0.29) is 18.4 Å². The van der Waals surface area contributed by atoms with Gasteiger partial charge in [0.25, 0.3) is 0 Å². The van der Waals surface area contributed by atoms with E-state index in [1.807, 2.05) is 13.8 Å². The summed E-state index contributed by atoms with van der Waals surface area (Å²) in [5, 5.41) is 3.65. The van der Waals surface area contributed by atoms with Crippen LogP contribution in [0, 0.1) is 5.92 Å². The number of benzene rings is 1. The van der Waals surface area contributed by atoms with Crippen molar-refractivity contribution in [2.45, 2.75) is 20.4 Å². The zero-order valence-corrected chi connectivity index (χ0v) is 12.8. The summed E-state index contributed by atoms with van der Waals surface area (Å²) in [6.07, 6.45) is 0. The molecule has 3 N–H and O–H groups in total. The molecule has 0 saturated heterocycles. The van der Waals surface area contributed by atoms with Crippen molar-refractivity contribution in [3.8, 4) is 0 Å². The Hall–Kier alpha value is -1.46. The Bertz CT molecular complexity index is 651. The molecule has 2 rings (SSSR count). The first kappa shape index (κ1) is 14.9. The standard InChI is InChI=1S/C13H16Cl2N4O/c1-7(2)5-17-12(20)6-19-11-4-9(15)8(14)3-10(11)18-13(19)16/h3-4,7H,5-6H2,1-2H3,(H2,16,18)(H,17,20). The highest BCUT2D eigenvalue weighted by Gasteiger charge is 2.13. The highest BCUT2D eigenvalue weighted by atomic mass is 35.5. The molecule has 2 aromatic rings. The van der Waals surface area contributed by atoms with Gasteiger partial charge in [0, 0.05) is 6.54 Å². The second-order valence-corrected chi connectivity index (χ2v) is 5.82. The van der Waals surface area contributed by atoms with Crippen LogP contribution in [0.3, 0.4) is 0 Å². The number of halogens is 2. The van der Waals surface area contributed by atoms with Crippen LogP contribution in [0.15, 0.2) is 12.1 Å². The van der Waals surface area contributed by atoms with Gasteiger partial charge in [-0.25, -0.2) is 4.98 Å². The number of rotatable bonds is 4. The summed E-state index contributed by atoms with van der Waals surface area (Å²) in [4.78, 5) is 16.1. The maximum absolute atomic E-state index is 11.9. The fourth-order valence-electron chi connectivity index (χ4n) is 1.82. The summed E-state index contributed by atoms with van der Waals surface area (Å²) >= 11 is 11.9. The van der Waals surface area contributed by atoms with Crippen LogP contribution >= 0.6 is 23.2 Å². The molecule has 5 nitrogen and oxygen atoms in total. The summed E-state index contributed by atoms with van der Waals surface area (Å²) in [5.41, 5.74) is 7.15. The number of hydrogen-bond donors (Lipinski definition) is 2. The first-order valence-electron chi connectivity index (χ1n) is 6.26. The number of carbonyl (C=O) groups excluding carboxylic acids is 1. The van der Waals surface area contributed by atoms with E-state index < -0.39 is 0 Å². The van der Waals surface area contributed by atoms with Crippen LogP contribution in [0.25, 0.3) is 11.0 Å². The topological polar surface area (TPSA) is 72.9 Å². The number of imidazole rings is 1. The Morgan fingerprint density at radius 3 is 2.70 bits per heavy atom. The molecule has 7 heteroatoms. The molecule has 0 spiro atoms. The summed E-state index contributed by atoms with van der Waals surface area (Å²) < 4.78 is 1.62. The molecular weight excluding hydrogens is 299 g/mol. The lowest BCUT2D eigenvalue weighted by atomic mass is 10.2. The van der Waals surface area contributed by atoms with E-state index in [0.29, 0.717) is 33.5 Å². The molecule has 0 aliphatic heterocycles. The fraction of sp³-hybridized carbons (Fsp3) is 0.385. The molecule has 0 aliphatic carbocycles. The van der Waals surface area contributed by atoms with Crippen molar-refractivity contribution in [1.29, 1.82) is 0 Å². The van der Waals surface area contributed by atoms with Crippen LogP contribution < -0.4 is 11.1 Å². The predicted molar refractivity (Wildman–Crippen MR) is 82.0 cm³/mol. The van der Waals surface area contributed by atoms with E-state index >= 15 is 0 Å². The minimum atomic E-state index is -0.115. The highest BCUT2D eigenvalue weighted by molar-refractivity contribution is 6.42. The van der Waals surface area contributed by atoms with Gasteiger partial charge in [-0.2, -0.15) is 0 Å². The number of fused-ring (bicyclic) bond motifs is 1. The Morgan fingerprint density at radius 1 is 1.40 bits per heavy atom. The third-order valence-electron chi connectivity index (χ3n) is 2.83. The molecule has 1 amide bonds. The largest absolute Gasteiger partial charge is 0.369 e. The molecule has 0 saturated carbocycles. The fourth-order valence-corrected chi connectivity index (χ4v) is 2.14. The normalized spacial score (nSPS) is 11.2. The van der Waals surface area contributed by atoms with Gasteiger partial charge in [-0.05, 0) is 18.1 Å². The quantitative estimate of drug-likeness (QED) is 0.911.